The van der Waals surface area contributed by atoms with E-state index in [1.807, 2.05) is 60.8 Å². The molecule has 0 bridgehead atoms. The van der Waals surface area contributed by atoms with Crippen molar-refractivity contribution in [2.45, 2.75) is 6.54 Å². The Labute approximate surface area is 199 Å². The first-order chi connectivity index (χ1) is 15.5. The highest BCUT2D eigenvalue weighted by molar-refractivity contribution is 14.1. The molecule has 0 radical (unpaired) electrons. The molecule has 1 amide bonds. The van der Waals surface area contributed by atoms with Crippen LogP contribution in [0, 0.1) is 3.57 Å². The van der Waals surface area contributed by atoms with Gasteiger partial charge in [-0.1, -0.05) is 36.4 Å². The number of nitrogens with one attached hydrogen (secondary N) is 1. The summed E-state index contributed by atoms with van der Waals surface area (Å²) >= 11 is 2.17. The van der Waals surface area contributed by atoms with E-state index in [1.165, 1.54) is 7.11 Å². The van der Waals surface area contributed by atoms with E-state index in [-0.39, 0.29) is 11.9 Å². The molecular weight excluding hydrogens is 517 g/mol. The average molecular weight is 537 g/mol. The van der Waals surface area contributed by atoms with Gasteiger partial charge in [0.05, 0.1) is 18.9 Å². The van der Waals surface area contributed by atoms with Crippen molar-refractivity contribution in [2.75, 3.05) is 7.11 Å². The molecule has 32 heavy (non-hydrogen) atoms. The van der Waals surface area contributed by atoms with Crippen molar-refractivity contribution >= 4 is 51.6 Å². The molecule has 0 saturated heterocycles. The smallest absolute Gasteiger partial charge is 0.337 e. The van der Waals surface area contributed by atoms with E-state index in [9.17, 15) is 9.59 Å². The molecule has 1 aromatic heterocycles. The quantitative estimate of drug-likeness (QED) is 0.166. The van der Waals surface area contributed by atoms with Crippen molar-refractivity contribution < 1.29 is 14.3 Å². The second kappa shape index (κ2) is 9.78. The number of aromatic nitrogens is 1. The van der Waals surface area contributed by atoms with E-state index in [4.69, 9.17) is 4.74 Å². The van der Waals surface area contributed by atoms with Gasteiger partial charge in [0, 0.05) is 38.3 Å². The number of benzene rings is 3. The standard InChI is InChI=1S/C25H20IN3O3/c1-32-25(31)19-8-4-6-17(12-19)15-29-16-20(22-10-2-3-11-23(22)29)14-27-28-24(30)18-7-5-9-21(26)13-18/h2-14,16H,15H2,1H3,(H,28,30)/b27-14-. The fourth-order valence-corrected chi connectivity index (χ4v) is 4.02. The maximum absolute atomic E-state index is 12.3. The second-order valence-electron chi connectivity index (χ2n) is 7.13. The number of nitrogens with zero attached hydrogens (tertiary/aromatic N) is 2. The summed E-state index contributed by atoms with van der Waals surface area (Å²) in [6.07, 6.45) is 3.63. The van der Waals surface area contributed by atoms with Crippen LogP contribution in [-0.2, 0) is 11.3 Å². The molecule has 1 N–H and O–H groups in total. The minimum Gasteiger partial charge on any atom is -0.465 e. The Bertz CT molecular complexity index is 1330. The van der Waals surface area contributed by atoms with Gasteiger partial charge in [0.1, 0.15) is 0 Å². The highest BCUT2D eigenvalue weighted by Gasteiger charge is 2.10. The third-order valence-electron chi connectivity index (χ3n) is 4.98. The van der Waals surface area contributed by atoms with Gasteiger partial charge in [-0.3, -0.25) is 4.79 Å². The van der Waals surface area contributed by atoms with Crippen molar-refractivity contribution in [3.05, 3.63) is 105 Å². The van der Waals surface area contributed by atoms with E-state index in [0.717, 1.165) is 25.6 Å². The number of halogens is 1. The molecule has 6 nitrogen and oxygen atoms in total. The lowest BCUT2D eigenvalue weighted by atomic mass is 10.1. The Morgan fingerprint density at radius 1 is 1.03 bits per heavy atom. The summed E-state index contributed by atoms with van der Waals surface area (Å²) < 4.78 is 7.90. The predicted octanol–water partition coefficient (Wildman–Crippen LogP) is 4.84. The molecule has 4 aromatic rings. The number of hydrogen-bond acceptors (Lipinski definition) is 4. The van der Waals surface area contributed by atoms with Crippen LogP contribution in [0.5, 0.6) is 0 Å². The van der Waals surface area contributed by atoms with Crippen molar-refractivity contribution in [3.8, 4) is 0 Å². The van der Waals surface area contributed by atoms with Crippen LogP contribution in [0.25, 0.3) is 10.9 Å². The predicted molar refractivity (Wildman–Crippen MR) is 133 cm³/mol. The lowest BCUT2D eigenvalue weighted by Crippen LogP contribution is -2.17. The van der Waals surface area contributed by atoms with Crippen LogP contribution in [0.3, 0.4) is 0 Å². The first-order valence-electron chi connectivity index (χ1n) is 9.89. The van der Waals surface area contributed by atoms with Crippen molar-refractivity contribution in [2.24, 2.45) is 5.10 Å². The molecule has 0 unspecified atom stereocenters. The van der Waals surface area contributed by atoms with Gasteiger partial charge in [0.2, 0.25) is 0 Å². The zero-order valence-electron chi connectivity index (χ0n) is 17.3. The molecule has 4 rings (SSSR count). The second-order valence-corrected chi connectivity index (χ2v) is 8.38. The third-order valence-corrected chi connectivity index (χ3v) is 5.65. The molecule has 0 aliphatic rings. The van der Waals surface area contributed by atoms with Gasteiger partial charge in [-0.25, -0.2) is 10.2 Å². The first-order valence-corrected chi connectivity index (χ1v) is 11.0. The highest BCUT2D eigenvalue weighted by atomic mass is 127. The highest BCUT2D eigenvalue weighted by Crippen LogP contribution is 2.21. The summed E-state index contributed by atoms with van der Waals surface area (Å²) in [5.41, 5.74) is 6.55. The number of methoxy groups -OCH3 is 1. The van der Waals surface area contributed by atoms with Gasteiger partial charge in [-0.15, -0.1) is 0 Å². The Kier molecular flexibility index (Phi) is 6.65. The van der Waals surface area contributed by atoms with Crippen LogP contribution in [0.2, 0.25) is 0 Å². The van der Waals surface area contributed by atoms with Gasteiger partial charge >= 0.3 is 5.97 Å². The molecular formula is C25H20IN3O3. The van der Waals surface area contributed by atoms with Crippen LogP contribution >= 0.6 is 22.6 Å². The fraction of sp³-hybridized carbons (Fsp3) is 0.0800. The van der Waals surface area contributed by atoms with Crippen LogP contribution in [-0.4, -0.2) is 29.8 Å². The van der Waals surface area contributed by atoms with E-state index >= 15 is 0 Å². The largest absolute Gasteiger partial charge is 0.465 e. The minimum atomic E-state index is -0.360. The zero-order valence-corrected chi connectivity index (χ0v) is 19.4. The summed E-state index contributed by atoms with van der Waals surface area (Å²) in [7, 11) is 1.37. The van der Waals surface area contributed by atoms with Crippen LogP contribution in [0.1, 0.15) is 31.8 Å². The summed E-state index contributed by atoms with van der Waals surface area (Å²) in [4.78, 5) is 24.2. The lowest BCUT2D eigenvalue weighted by Gasteiger charge is -2.07. The summed E-state index contributed by atoms with van der Waals surface area (Å²) in [6.45, 7) is 0.577. The number of hydrazone groups is 1. The molecule has 0 aliphatic heterocycles. The average Bonchev–Trinajstić information content (AvgIpc) is 3.16. The molecule has 7 heteroatoms. The van der Waals surface area contributed by atoms with Crippen LogP contribution in [0.4, 0.5) is 0 Å². The van der Waals surface area contributed by atoms with Crippen molar-refractivity contribution in [3.63, 3.8) is 0 Å². The maximum atomic E-state index is 12.3. The van der Waals surface area contributed by atoms with E-state index < -0.39 is 0 Å². The molecule has 0 atom stereocenters. The van der Waals surface area contributed by atoms with Gasteiger partial charge in [-0.05, 0) is 64.6 Å². The number of rotatable bonds is 6. The van der Waals surface area contributed by atoms with E-state index in [1.54, 1.807) is 24.4 Å². The lowest BCUT2D eigenvalue weighted by molar-refractivity contribution is 0.0600. The van der Waals surface area contributed by atoms with Crippen LogP contribution in [0.15, 0.2) is 84.1 Å². The molecule has 160 valence electrons. The van der Waals surface area contributed by atoms with Crippen LogP contribution < -0.4 is 5.43 Å². The minimum absolute atomic E-state index is 0.261. The molecule has 0 saturated carbocycles. The van der Waals surface area contributed by atoms with Crippen molar-refractivity contribution in [1.29, 1.82) is 0 Å². The monoisotopic (exact) mass is 537 g/mol. The Hall–Kier alpha value is -3.46. The number of para-hydroxylation sites is 1. The summed E-state index contributed by atoms with van der Waals surface area (Å²) in [5, 5.41) is 5.18. The van der Waals surface area contributed by atoms with Gasteiger partial charge < -0.3 is 9.30 Å². The topological polar surface area (TPSA) is 72.7 Å². The van der Waals surface area contributed by atoms with Gasteiger partial charge in [0.25, 0.3) is 5.91 Å². The molecule has 0 aliphatic carbocycles. The molecule has 0 spiro atoms. The number of carbonyl (C=O) groups is 2. The third kappa shape index (κ3) is 4.88. The van der Waals surface area contributed by atoms with Gasteiger partial charge in [0.15, 0.2) is 0 Å². The summed E-state index contributed by atoms with van der Waals surface area (Å²) in [6, 6.07) is 22.7. The first kappa shape index (κ1) is 21.8. The Morgan fingerprint density at radius 2 is 1.81 bits per heavy atom. The molecule has 3 aromatic carbocycles. The number of carbonyl (C=O) groups excluding carboxylic acids is 2. The van der Waals surface area contributed by atoms with E-state index in [2.05, 4.69) is 37.7 Å². The number of esters is 1. The van der Waals surface area contributed by atoms with Crippen molar-refractivity contribution in [1.82, 2.24) is 9.99 Å². The number of amides is 1. The normalized spacial score (nSPS) is 11.1. The van der Waals surface area contributed by atoms with E-state index in [0.29, 0.717) is 17.7 Å². The number of hydrogen-bond donors (Lipinski definition) is 1. The SMILES string of the molecule is COC(=O)c1cccc(Cn2cc(/C=N\NC(=O)c3cccc(I)c3)c3ccccc32)c1. The Morgan fingerprint density at radius 3 is 2.62 bits per heavy atom. The van der Waals surface area contributed by atoms with Gasteiger partial charge in [-0.2, -0.15) is 5.10 Å². The zero-order chi connectivity index (χ0) is 22.5. The number of ether oxygens (including phenoxy) is 1. The molecule has 0 fully saturated rings. The Balaban J connectivity index is 1.57. The number of fused-ring (bicyclic) bond motifs is 1. The summed E-state index contributed by atoms with van der Waals surface area (Å²) in [5.74, 6) is -0.621. The molecule has 1 heterocycles. The fourth-order valence-electron chi connectivity index (χ4n) is 3.47. The maximum Gasteiger partial charge on any atom is 0.337 e.